The SMILES string of the molecule is CC1CCN(C(C)CC(C)(NC2CC2)C(N)=O)C1. The van der Waals surface area contributed by atoms with Gasteiger partial charge in [-0.05, 0) is 52.0 Å². The Morgan fingerprint density at radius 1 is 1.50 bits per heavy atom. The molecule has 104 valence electrons. The van der Waals surface area contributed by atoms with E-state index in [9.17, 15) is 4.79 Å². The summed E-state index contributed by atoms with van der Waals surface area (Å²) in [4.78, 5) is 14.2. The van der Waals surface area contributed by atoms with Gasteiger partial charge in [0.25, 0.3) is 0 Å². The number of nitrogens with two attached hydrogens (primary N) is 1. The predicted octanol–water partition coefficient (Wildman–Crippen LogP) is 1.10. The third kappa shape index (κ3) is 3.23. The summed E-state index contributed by atoms with van der Waals surface area (Å²) in [5, 5.41) is 3.43. The van der Waals surface area contributed by atoms with Crippen molar-refractivity contribution in [3.8, 4) is 0 Å². The van der Waals surface area contributed by atoms with Crippen LogP contribution in [0.15, 0.2) is 0 Å². The summed E-state index contributed by atoms with van der Waals surface area (Å²) in [7, 11) is 0. The standard InChI is InChI=1S/C14H27N3O/c1-10-6-7-17(9-10)11(2)8-14(3,13(15)18)16-12-4-5-12/h10-12,16H,4-9H2,1-3H3,(H2,15,18). The van der Waals surface area contributed by atoms with E-state index in [-0.39, 0.29) is 5.91 Å². The maximum Gasteiger partial charge on any atom is 0.237 e. The molecule has 4 heteroatoms. The number of nitrogens with zero attached hydrogens (tertiary/aromatic N) is 1. The van der Waals surface area contributed by atoms with Crippen molar-refractivity contribution in [2.75, 3.05) is 13.1 Å². The largest absolute Gasteiger partial charge is 0.368 e. The van der Waals surface area contributed by atoms with Crippen molar-refractivity contribution >= 4 is 5.91 Å². The second kappa shape index (κ2) is 5.17. The van der Waals surface area contributed by atoms with Gasteiger partial charge in [-0.3, -0.25) is 4.79 Å². The van der Waals surface area contributed by atoms with Crippen LogP contribution in [0.1, 0.15) is 46.5 Å². The molecule has 1 amide bonds. The fraction of sp³-hybridized carbons (Fsp3) is 0.929. The molecule has 18 heavy (non-hydrogen) atoms. The molecule has 2 fully saturated rings. The molecule has 0 bridgehead atoms. The number of hydrogen-bond donors (Lipinski definition) is 2. The zero-order chi connectivity index (χ0) is 13.3. The lowest BCUT2D eigenvalue weighted by Crippen LogP contribution is -2.56. The number of rotatable bonds is 6. The highest BCUT2D eigenvalue weighted by Crippen LogP contribution is 2.27. The Morgan fingerprint density at radius 2 is 2.17 bits per heavy atom. The first-order valence-corrected chi connectivity index (χ1v) is 7.22. The van der Waals surface area contributed by atoms with Crippen LogP contribution in [0, 0.1) is 5.92 Å². The van der Waals surface area contributed by atoms with E-state index in [1.165, 1.54) is 19.3 Å². The van der Waals surface area contributed by atoms with Crippen LogP contribution in [0.2, 0.25) is 0 Å². The van der Waals surface area contributed by atoms with Gasteiger partial charge in [0.15, 0.2) is 0 Å². The molecule has 0 aromatic heterocycles. The fourth-order valence-corrected chi connectivity index (χ4v) is 3.00. The molecule has 3 unspecified atom stereocenters. The highest BCUT2D eigenvalue weighted by Gasteiger charge is 2.39. The van der Waals surface area contributed by atoms with E-state index in [1.54, 1.807) is 0 Å². The number of nitrogens with one attached hydrogen (secondary N) is 1. The lowest BCUT2D eigenvalue weighted by Gasteiger charge is -2.34. The minimum absolute atomic E-state index is 0.214. The molecule has 0 radical (unpaired) electrons. The van der Waals surface area contributed by atoms with Gasteiger partial charge in [0.1, 0.15) is 0 Å². The molecule has 0 aromatic carbocycles. The molecule has 1 heterocycles. The summed E-state index contributed by atoms with van der Waals surface area (Å²) < 4.78 is 0. The average Bonchev–Trinajstić information content (AvgIpc) is 2.97. The number of amides is 1. The summed E-state index contributed by atoms with van der Waals surface area (Å²) in [6.07, 6.45) is 4.44. The number of hydrogen-bond acceptors (Lipinski definition) is 3. The molecule has 0 spiro atoms. The Balaban J connectivity index is 1.93. The topological polar surface area (TPSA) is 58.4 Å². The van der Waals surface area contributed by atoms with E-state index in [0.717, 1.165) is 25.4 Å². The minimum atomic E-state index is -0.549. The van der Waals surface area contributed by atoms with Crippen molar-refractivity contribution in [1.82, 2.24) is 10.2 Å². The Bertz CT molecular complexity index is 316. The van der Waals surface area contributed by atoms with Crippen LogP contribution in [0.5, 0.6) is 0 Å². The number of carbonyl (C=O) groups is 1. The predicted molar refractivity (Wildman–Crippen MR) is 73.2 cm³/mol. The first-order chi connectivity index (χ1) is 8.40. The Kier molecular flexibility index (Phi) is 3.97. The number of primary amides is 1. The van der Waals surface area contributed by atoms with E-state index in [1.807, 2.05) is 6.92 Å². The third-order valence-corrected chi connectivity index (χ3v) is 4.43. The summed E-state index contributed by atoms with van der Waals surface area (Å²) in [6, 6.07) is 0.922. The van der Waals surface area contributed by atoms with Gasteiger partial charge in [-0.2, -0.15) is 0 Å². The first kappa shape index (κ1) is 13.8. The van der Waals surface area contributed by atoms with E-state index in [2.05, 4.69) is 24.1 Å². The van der Waals surface area contributed by atoms with Crippen molar-refractivity contribution in [1.29, 1.82) is 0 Å². The van der Waals surface area contributed by atoms with Gasteiger partial charge in [-0.25, -0.2) is 0 Å². The van der Waals surface area contributed by atoms with Crippen LogP contribution in [-0.4, -0.2) is 41.5 Å². The Labute approximate surface area is 110 Å². The molecule has 3 atom stereocenters. The lowest BCUT2D eigenvalue weighted by atomic mass is 9.92. The molecule has 2 aliphatic rings. The van der Waals surface area contributed by atoms with Crippen LogP contribution >= 0.6 is 0 Å². The van der Waals surface area contributed by atoms with E-state index < -0.39 is 5.54 Å². The smallest absolute Gasteiger partial charge is 0.237 e. The van der Waals surface area contributed by atoms with Crippen molar-refractivity contribution in [3.63, 3.8) is 0 Å². The Morgan fingerprint density at radius 3 is 2.61 bits per heavy atom. The van der Waals surface area contributed by atoms with Gasteiger partial charge in [0.05, 0.1) is 5.54 Å². The number of carbonyl (C=O) groups excluding carboxylic acids is 1. The third-order valence-electron chi connectivity index (χ3n) is 4.43. The summed E-state index contributed by atoms with van der Waals surface area (Å²) in [5.74, 6) is 0.567. The molecular formula is C14H27N3O. The molecule has 4 nitrogen and oxygen atoms in total. The van der Waals surface area contributed by atoms with Crippen molar-refractivity contribution in [2.24, 2.45) is 11.7 Å². The molecule has 2 rings (SSSR count). The molecule has 1 saturated carbocycles. The molecule has 1 saturated heterocycles. The maximum absolute atomic E-state index is 11.7. The number of likely N-dealkylation sites (tertiary alicyclic amines) is 1. The highest BCUT2D eigenvalue weighted by atomic mass is 16.1. The van der Waals surface area contributed by atoms with E-state index in [0.29, 0.717) is 12.1 Å². The fourth-order valence-electron chi connectivity index (χ4n) is 3.00. The minimum Gasteiger partial charge on any atom is -0.368 e. The molecule has 1 aliphatic heterocycles. The second-order valence-electron chi connectivity index (χ2n) is 6.56. The van der Waals surface area contributed by atoms with Gasteiger partial charge in [-0.1, -0.05) is 6.92 Å². The van der Waals surface area contributed by atoms with Gasteiger partial charge in [-0.15, -0.1) is 0 Å². The van der Waals surface area contributed by atoms with Crippen molar-refractivity contribution in [3.05, 3.63) is 0 Å². The zero-order valence-corrected chi connectivity index (χ0v) is 11.9. The molecule has 0 aromatic rings. The second-order valence-corrected chi connectivity index (χ2v) is 6.56. The molecular weight excluding hydrogens is 226 g/mol. The van der Waals surface area contributed by atoms with Crippen LogP contribution in [0.4, 0.5) is 0 Å². The van der Waals surface area contributed by atoms with Gasteiger partial charge in [0, 0.05) is 18.6 Å². The Hall–Kier alpha value is -0.610. The highest BCUT2D eigenvalue weighted by molar-refractivity contribution is 5.84. The van der Waals surface area contributed by atoms with E-state index >= 15 is 0 Å². The van der Waals surface area contributed by atoms with Crippen molar-refractivity contribution < 1.29 is 4.79 Å². The lowest BCUT2D eigenvalue weighted by molar-refractivity contribution is -0.124. The van der Waals surface area contributed by atoms with Crippen LogP contribution < -0.4 is 11.1 Å². The zero-order valence-electron chi connectivity index (χ0n) is 11.9. The summed E-state index contributed by atoms with van der Waals surface area (Å²) in [6.45, 7) is 8.78. The quantitative estimate of drug-likeness (QED) is 0.745. The molecule has 1 aliphatic carbocycles. The normalized spacial score (nSPS) is 30.1. The maximum atomic E-state index is 11.7. The first-order valence-electron chi connectivity index (χ1n) is 7.22. The van der Waals surface area contributed by atoms with Crippen molar-refractivity contribution in [2.45, 2.75) is 64.1 Å². The van der Waals surface area contributed by atoms with Crippen LogP contribution in [-0.2, 0) is 4.79 Å². The van der Waals surface area contributed by atoms with E-state index in [4.69, 9.17) is 5.73 Å². The van der Waals surface area contributed by atoms with Gasteiger partial charge in [0.2, 0.25) is 5.91 Å². The van der Waals surface area contributed by atoms with Crippen LogP contribution in [0.25, 0.3) is 0 Å². The van der Waals surface area contributed by atoms with Gasteiger partial charge >= 0.3 is 0 Å². The van der Waals surface area contributed by atoms with Gasteiger partial charge < -0.3 is 16.0 Å². The summed E-state index contributed by atoms with van der Waals surface area (Å²) >= 11 is 0. The summed E-state index contributed by atoms with van der Waals surface area (Å²) in [5.41, 5.74) is 5.05. The molecule has 3 N–H and O–H groups in total. The monoisotopic (exact) mass is 253 g/mol. The van der Waals surface area contributed by atoms with Crippen LogP contribution in [0.3, 0.4) is 0 Å². The average molecular weight is 253 g/mol.